The Balaban J connectivity index is 1.72. The third kappa shape index (κ3) is 3.63. The van der Waals surface area contributed by atoms with Crippen molar-refractivity contribution < 1.29 is 9.18 Å². The Kier molecular flexibility index (Phi) is 4.48. The number of anilines is 1. The van der Waals surface area contributed by atoms with E-state index in [0.717, 1.165) is 10.4 Å². The van der Waals surface area contributed by atoms with Crippen LogP contribution in [0.2, 0.25) is 0 Å². The number of aromatic nitrogens is 1. The van der Waals surface area contributed by atoms with Crippen LogP contribution in [0.5, 0.6) is 0 Å². The average Bonchev–Trinajstić information content (AvgIpc) is 2.97. The van der Waals surface area contributed by atoms with Gasteiger partial charge >= 0.3 is 0 Å². The predicted octanol–water partition coefficient (Wildman–Crippen LogP) is 4.43. The molecule has 0 unspecified atom stereocenters. The lowest BCUT2D eigenvalue weighted by Gasteiger charge is -2.04. The molecule has 3 rings (SSSR count). The van der Waals surface area contributed by atoms with Crippen molar-refractivity contribution in [3.63, 3.8) is 0 Å². The van der Waals surface area contributed by atoms with E-state index in [1.807, 2.05) is 25.1 Å². The van der Waals surface area contributed by atoms with Crippen LogP contribution in [0.1, 0.15) is 26.4 Å². The van der Waals surface area contributed by atoms with Crippen LogP contribution in [0.25, 0.3) is 0 Å². The molecule has 0 bridgehead atoms. The van der Waals surface area contributed by atoms with Crippen molar-refractivity contribution in [1.82, 2.24) is 4.98 Å². The van der Waals surface area contributed by atoms with Crippen molar-refractivity contribution in [3.8, 4) is 0 Å². The van der Waals surface area contributed by atoms with E-state index in [0.29, 0.717) is 22.7 Å². The highest BCUT2D eigenvalue weighted by Gasteiger charge is 2.12. The van der Waals surface area contributed by atoms with E-state index in [9.17, 15) is 9.18 Å². The van der Waals surface area contributed by atoms with Crippen LogP contribution >= 0.6 is 11.3 Å². The summed E-state index contributed by atoms with van der Waals surface area (Å²) in [7, 11) is 0. The van der Waals surface area contributed by atoms with Crippen LogP contribution < -0.4 is 5.32 Å². The van der Waals surface area contributed by atoms with Crippen molar-refractivity contribution in [2.75, 3.05) is 5.32 Å². The van der Waals surface area contributed by atoms with Gasteiger partial charge < -0.3 is 0 Å². The molecule has 0 spiro atoms. The number of amides is 1. The molecule has 3 nitrogen and oxygen atoms in total. The Morgan fingerprint density at radius 3 is 2.70 bits per heavy atom. The maximum Gasteiger partial charge on any atom is 0.257 e. The summed E-state index contributed by atoms with van der Waals surface area (Å²) in [5.74, 6) is -0.415. The van der Waals surface area contributed by atoms with E-state index in [1.165, 1.54) is 17.4 Å². The van der Waals surface area contributed by atoms with E-state index >= 15 is 0 Å². The Hall–Kier alpha value is -2.53. The van der Waals surface area contributed by atoms with Gasteiger partial charge in [0.15, 0.2) is 5.13 Å². The normalized spacial score (nSPS) is 10.5. The summed E-state index contributed by atoms with van der Waals surface area (Å²) in [4.78, 5) is 17.4. The smallest absolute Gasteiger partial charge is 0.257 e. The van der Waals surface area contributed by atoms with Crippen LogP contribution in [0.4, 0.5) is 9.52 Å². The Morgan fingerprint density at radius 1 is 1.17 bits per heavy atom. The molecule has 116 valence electrons. The summed E-state index contributed by atoms with van der Waals surface area (Å²) < 4.78 is 13.7. The van der Waals surface area contributed by atoms with E-state index < -0.39 is 0 Å². The number of nitrogens with one attached hydrogen (secondary N) is 1. The topological polar surface area (TPSA) is 42.0 Å². The molecule has 0 aliphatic rings. The molecular formula is C18H15FN2OS. The van der Waals surface area contributed by atoms with Gasteiger partial charge in [-0.3, -0.25) is 10.1 Å². The van der Waals surface area contributed by atoms with Gasteiger partial charge in [0, 0.05) is 23.1 Å². The Morgan fingerprint density at radius 2 is 1.91 bits per heavy atom. The minimum absolute atomic E-state index is 0.185. The maximum absolute atomic E-state index is 13.7. The maximum atomic E-state index is 13.7. The van der Waals surface area contributed by atoms with Gasteiger partial charge in [-0.05, 0) is 30.2 Å². The first-order valence-electron chi connectivity index (χ1n) is 7.18. The number of hydrogen-bond donors (Lipinski definition) is 1. The molecule has 0 aliphatic carbocycles. The fourth-order valence-corrected chi connectivity index (χ4v) is 3.10. The van der Waals surface area contributed by atoms with E-state index in [1.54, 1.807) is 30.5 Å². The third-order valence-corrected chi connectivity index (χ3v) is 4.40. The van der Waals surface area contributed by atoms with Gasteiger partial charge in [0.1, 0.15) is 5.82 Å². The highest BCUT2D eigenvalue weighted by Crippen LogP contribution is 2.23. The fourth-order valence-electron chi connectivity index (χ4n) is 2.27. The predicted molar refractivity (Wildman–Crippen MR) is 90.5 cm³/mol. The highest BCUT2D eigenvalue weighted by molar-refractivity contribution is 7.15. The second-order valence-corrected chi connectivity index (χ2v) is 6.28. The van der Waals surface area contributed by atoms with Crippen LogP contribution in [0, 0.1) is 12.7 Å². The summed E-state index contributed by atoms with van der Waals surface area (Å²) in [6.45, 7) is 1.89. The second kappa shape index (κ2) is 6.71. The first-order valence-corrected chi connectivity index (χ1v) is 8.00. The first kappa shape index (κ1) is 15.4. The molecule has 2 aromatic carbocycles. The summed E-state index contributed by atoms with van der Waals surface area (Å²) in [6.07, 6.45) is 2.13. The van der Waals surface area contributed by atoms with Gasteiger partial charge in [0.25, 0.3) is 5.91 Å². The molecule has 1 N–H and O–H groups in total. The van der Waals surface area contributed by atoms with Crippen molar-refractivity contribution >= 4 is 22.4 Å². The van der Waals surface area contributed by atoms with Gasteiger partial charge in [-0.15, -0.1) is 11.3 Å². The first-order chi connectivity index (χ1) is 11.1. The summed E-state index contributed by atoms with van der Waals surface area (Å²) in [5, 5.41) is 3.31. The lowest BCUT2D eigenvalue weighted by Crippen LogP contribution is -2.12. The number of halogens is 1. The van der Waals surface area contributed by atoms with Crippen molar-refractivity contribution in [1.29, 1.82) is 0 Å². The van der Waals surface area contributed by atoms with E-state index in [2.05, 4.69) is 10.3 Å². The summed E-state index contributed by atoms with van der Waals surface area (Å²) in [6, 6.07) is 14.0. The molecule has 1 aromatic heterocycles. The molecule has 0 saturated heterocycles. The molecule has 3 aromatic rings. The number of thiazole rings is 1. The second-order valence-electron chi connectivity index (χ2n) is 5.17. The number of carbonyl (C=O) groups is 1. The lowest BCUT2D eigenvalue weighted by molar-refractivity contribution is 0.102. The largest absolute Gasteiger partial charge is 0.298 e. The molecule has 0 saturated carbocycles. The average molecular weight is 326 g/mol. The van der Waals surface area contributed by atoms with Crippen LogP contribution in [0.3, 0.4) is 0 Å². The Bertz CT molecular complexity index is 844. The fraction of sp³-hybridized carbons (Fsp3) is 0.111. The number of carbonyl (C=O) groups excluding carboxylic acids is 1. The van der Waals surface area contributed by atoms with Crippen molar-refractivity contribution in [2.45, 2.75) is 13.3 Å². The number of benzene rings is 2. The number of rotatable bonds is 4. The van der Waals surface area contributed by atoms with Gasteiger partial charge in [-0.25, -0.2) is 9.37 Å². The minimum atomic E-state index is -0.230. The van der Waals surface area contributed by atoms with Crippen molar-refractivity contribution in [2.24, 2.45) is 0 Å². The number of aryl methyl sites for hydroxylation is 1. The molecular weight excluding hydrogens is 311 g/mol. The Labute approximate surface area is 137 Å². The zero-order valence-corrected chi connectivity index (χ0v) is 13.4. The number of hydrogen-bond acceptors (Lipinski definition) is 3. The third-order valence-electron chi connectivity index (χ3n) is 3.49. The van der Waals surface area contributed by atoms with Crippen LogP contribution in [-0.4, -0.2) is 10.9 Å². The zero-order valence-electron chi connectivity index (χ0n) is 12.5. The highest BCUT2D eigenvalue weighted by atomic mass is 32.1. The van der Waals surface area contributed by atoms with Gasteiger partial charge in [-0.2, -0.15) is 0 Å². The molecule has 1 heterocycles. The monoisotopic (exact) mass is 326 g/mol. The molecule has 1 amide bonds. The molecule has 0 fully saturated rings. The van der Waals surface area contributed by atoms with Crippen molar-refractivity contribution in [3.05, 3.63) is 82.1 Å². The van der Waals surface area contributed by atoms with E-state index in [-0.39, 0.29) is 11.7 Å². The molecule has 0 radical (unpaired) electrons. The minimum Gasteiger partial charge on any atom is -0.298 e. The molecule has 5 heteroatoms. The lowest BCUT2D eigenvalue weighted by atomic mass is 10.1. The van der Waals surface area contributed by atoms with Crippen LogP contribution in [0.15, 0.2) is 54.7 Å². The summed E-state index contributed by atoms with van der Waals surface area (Å²) >= 11 is 1.36. The van der Waals surface area contributed by atoms with Gasteiger partial charge in [0.05, 0.1) is 0 Å². The van der Waals surface area contributed by atoms with Crippen LogP contribution in [-0.2, 0) is 6.42 Å². The van der Waals surface area contributed by atoms with E-state index in [4.69, 9.17) is 0 Å². The standard InChI is InChI=1S/C18H15FN2OS/c1-12-6-2-4-8-15(12)17(22)21-18-20-11-14(23-18)10-13-7-3-5-9-16(13)19/h2-9,11H,10H2,1H3,(H,20,21,22). The molecule has 0 atom stereocenters. The SMILES string of the molecule is Cc1ccccc1C(=O)Nc1ncc(Cc2ccccc2F)s1. The molecule has 23 heavy (non-hydrogen) atoms. The van der Waals surface area contributed by atoms with Gasteiger partial charge in [-0.1, -0.05) is 36.4 Å². The molecule has 0 aliphatic heterocycles. The summed E-state index contributed by atoms with van der Waals surface area (Å²) in [5.41, 5.74) is 2.15. The van der Waals surface area contributed by atoms with Gasteiger partial charge in [0.2, 0.25) is 0 Å². The zero-order chi connectivity index (χ0) is 16.2. The number of nitrogens with zero attached hydrogens (tertiary/aromatic N) is 1. The quantitative estimate of drug-likeness (QED) is 0.770.